The molecule has 1 aromatic rings. The molecule has 0 aliphatic carbocycles. The van der Waals surface area contributed by atoms with Gasteiger partial charge in [-0.15, -0.1) is 0 Å². The summed E-state index contributed by atoms with van der Waals surface area (Å²) in [7, 11) is 4.61. The van der Waals surface area contributed by atoms with Crippen LogP contribution in [0.25, 0.3) is 0 Å². The van der Waals surface area contributed by atoms with E-state index in [0.717, 1.165) is 39.0 Å². The van der Waals surface area contributed by atoms with Gasteiger partial charge in [0.1, 0.15) is 0 Å². The number of anilines is 1. The minimum atomic E-state index is -0.173. The number of nitrogens with zero attached hydrogens (tertiary/aromatic N) is 2. The van der Waals surface area contributed by atoms with Gasteiger partial charge in [0.05, 0.1) is 27.0 Å². The third kappa shape index (κ3) is 6.41. The van der Waals surface area contributed by atoms with Crippen LogP contribution >= 0.6 is 0 Å². The zero-order valence-corrected chi connectivity index (χ0v) is 19.4. The van der Waals surface area contributed by atoms with Crippen molar-refractivity contribution in [3.8, 4) is 17.2 Å². The van der Waals surface area contributed by atoms with Crippen molar-refractivity contribution < 1.29 is 23.8 Å². The number of piperidine rings is 1. The number of benzene rings is 1. The molecule has 0 radical (unpaired) electrons. The van der Waals surface area contributed by atoms with E-state index < -0.39 is 0 Å². The first-order valence-electron chi connectivity index (χ1n) is 11.4. The molecule has 2 saturated heterocycles. The Labute approximate surface area is 190 Å². The number of carbonyl (C=O) groups excluding carboxylic acids is 2. The highest BCUT2D eigenvalue weighted by molar-refractivity contribution is 5.90. The van der Waals surface area contributed by atoms with Gasteiger partial charge in [-0.05, 0) is 44.7 Å². The second-order valence-electron chi connectivity index (χ2n) is 8.38. The molecule has 2 heterocycles. The number of rotatable bonds is 9. The second-order valence-corrected chi connectivity index (χ2v) is 8.38. The van der Waals surface area contributed by atoms with Crippen LogP contribution in [0.4, 0.5) is 10.5 Å². The minimum Gasteiger partial charge on any atom is -0.493 e. The molecule has 1 aromatic carbocycles. The lowest BCUT2D eigenvalue weighted by atomic mass is 9.93. The summed E-state index contributed by atoms with van der Waals surface area (Å²) in [4.78, 5) is 29.2. The fraction of sp³-hybridized carbons (Fsp3) is 0.652. The molecule has 0 saturated carbocycles. The molecule has 2 N–H and O–H groups in total. The van der Waals surface area contributed by atoms with E-state index in [4.69, 9.17) is 14.2 Å². The number of likely N-dealkylation sites (tertiary alicyclic amines) is 2. The van der Waals surface area contributed by atoms with E-state index in [1.54, 1.807) is 17.0 Å². The predicted molar refractivity (Wildman–Crippen MR) is 123 cm³/mol. The SMILES string of the molecule is COc1cc(NC(=O)N2CCC(CC(=O)NCCN3CCCC3)CC2)cc(OC)c1OC. The number of methoxy groups -OCH3 is 3. The molecule has 0 spiro atoms. The molecule has 0 aromatic heterocycles. The van der Waals surface area contributed by atoms with Crippen LogP contribution in [0.3, 0.4) is 0 Å². The highest BCUT2D eigenvalue weighted by atomic mass is 16.5. The number of amides is 3. The molecule has 2 aliphatic rings. The molecule has 2 aliphatic heterocycles. The fourth-order valence-corrected chi connectivity index (χ4v) is 4.39. The summed E-state index contributed by atoms with van der Waals surface area (Å²) >= 11 is 0. The number of hydrogen-bond acceptors (Lipinski definition) is 6. The van der Waals surface area contributed by atoms with Gasteiger partial charge in [0.25, 0.3) is 0 Å². The Morgan fingerprint density at radius 2 is 1.59 bits per heavy atom. The van der Waals surface area contributed by atoms with E-state index >= 15 is 0 Å². The summed E-state index contributed by atoms with van der Waals surface area (Å²) in [5.41, 5.74) is 0.573. The quantitative estimate of drug-likeness (QED) is 0.603. The van der Waals surface area contributed by atoms with Crippen LogP contribution in [0.5, 0.6) is 17.2 Å². The Morgan fingerprint density at radius 1 is 0.969 bits per heavy atom. The molecule has 9 nitrogen and oxygen atoms in total. The van der Waals surface area contributed by atoms with Crippen LogP contribution in [-0.2, 0) is 4.79 Å². The van der Waals surface area contributed by atoms with Crippen LogP contribution < -0.4 is 24.8 Å². The molecule has 3 rings (SSSR count). The van der Waals surface area contributed by atoms with Gasteiger partial charge in [-0.3, -0.25) is 4.79 Å². The Morgan fingerprint density at radius 3 is 2.16 bits per heavy atom. The van der Waals surface area contributed by atoms with E-state index in [2.05, 4.69) is 15.5 Å². The van der Waals surface area contributed by atoms with Gasteiger partial charge < -0.3 is 34.6 Å². The normalized spacial score (nSPS) is 17.2. The van der Waals surface area contributed by atoms with E-state index in [-0.39, 0.29) is 11.9 Å². The molecular weight excluding hydrogens is 412 g/mol. The van der Waals surface area contributed by atoms with Crippen molar-refractivity contribution in [1.82, 2.24) is 15.1 Å². The molecule has 2 fully saturated rings. The van der Waals surface area contributed by atoms with Gasteiger partial charge in [-0.2, -0.15) is 0 Å². The Hall–Kier alpha value is -2.68. The van der Waals surface area contributed by atoms with E-state index in [9.17, 15) is 9.59 Å². The first-order valence-corrected chi connectivity index (χ1v) is 11.4. The number of ether oxygens (including phenoxy) is 3. The summed E-state index contributed by atoms with van der Waals surface area (Å²) in [5.74, 6) is 1.87. The molecule has 32 heavy (non-hydrogen) atoms. The van der Waals surface area contributed by atoms with Crippen molar-refractivity contribution in [2.75, 3.05) is 65.9 Å². The van der Waals surface area contributed by atoms with Gasteiger partial charge in [-0.1, -0.05) is 0 Å². The van der Waals surface area contributed by atoms with Gasteiger partial charge >= 0.3 is 6.03 Å². The highest BCUT2D eigenvalue weighted by Gasteiger charge is 2.25. The standard InChI is InChI=1S/C23H36N4O5/c1-30-19-15-18(16-20(31-2)22(19)32-3)25-23(29)27-11-6-17(7-12-27)14-21(28)24-8-13-26-9-4-5-10-26/h15-17H,4-14H2,1-3H3,(H,24,28)(H,25,29). The molecule has 0 atom stereocenters. The van der Waals surface area contributed by atoms with Crippen LogP contribution in [-0.4, -0.2) is 82.3 Å². The summed E-state index contributed by atoms with van der Waals surface area (Å²) in [5, 5.41) is 5.96. The number of nitrogens with one attached hydrogen (secondary N) is 2. The maximum atomic E-state index is 12.7. The molecule has 3 amide bonds. The monoisotopic (exact) mass is 448 g/mol. The first kappa shape index (κ1) is 24.0. The number of urea groups is 1. The zero-order chi connectivity index (χ0) is 22.9. The number of carbonyl (C=O) groups is 2. The third-order valence-electron chi connectivity index (χ3n) is 6.24. The minimum absolute atomic E-state index is 0.115. The van der Waals surface area contributed by atoms with Gasteiger partial charge in [0, 0.05) is 44.7 Å². The highest BCUT2D eigenvalue weighted by Crippen LogP contribution is 2.40. The lowest BCUT2D eigenvalue weighted by Gasteiger charge is -2.32. The van der Waals surface area contributed by atoms with Crippen molar-refractivity contribution >= 4 is 17.6 Å². The molecule has 178 valence electrons. The van der Waals surface area contributed by atoms with Crippen molar-refractivity contribution in [2.45, 2.75) is 32.1 Å². The smallest absolute Gasteiger partial charge is 0.321 e. The average Bonchev–Trinajstić information content (AvgIpc) is 3.32. The van der Waals surface area contributed by atoms with E-state index in [0.29, 0.717) is 48.4 Å². The summed E-state index contributed by atoms with van der Waals surface area (Å²) in [6.45, 7) is 5.20. The van der Waals surface area contributed by atoms with Crippen LogP contribution in [0.15, 0.2) is 12.1 Å². The van der Waals surface area contributed by atoms with Crippen molar-refractivity contribution in [2.24, 2.45) is 5.92 Å². The molecular formula is C23H36N4O5. The van der Waals surface area contributed by atoms with Gasteiger partial charge in [-0.25, -0.2) is 4.79 Å². The molecule has 9 heteroatoms. The van der Waals surface area contributed by atoms with E-state index in [1.165, 1.54) is 34.2 Å². The van der Waals surface area contributed by atoms with Crippen LogP contribution in [0, 0.1) is 5.92 Å². The largest absolute Gasteiger partial charge is 0.493 e. The fourth-order valence-electron chi connectivity index (χ4n) is 4.39. The van der Waals surface area contributed by atoms with Gasteiger partial charge in [0.2, 0.25) is 11.7 Å². The molecule has 0 unspecified atom stereocenters. The predicted octanol–water partition coefficient (Wildman–Crippen LogP) is 2.56. The van der Waals surface area contributed by atoms with Crippen molar-refractivity contribution in [1.29, 1.82) is 0 Å². The maximum Gasteiger partial charge on any atom is 0.321 e. The summed E-state index contributed by atoms with van der Waals surface area (Å²) in [6.07, 6.45) is 4.70. The second kappa shape index (κ2) is 11.8. The summed E-state index contributed by atoms with van der Waals surface area (Å²) in [6, 6.07) is 3.24. The third-order valence-corrected chi connectivity index (χ3v) is 6.24. The summed E-state index contributed by atoms with van der Waals surface area (Å²) < 4.78 is 16.0. The van der Waals surface area contributed by atoms with E-state index in [1.807, 2.05) is 0 Å². The Bertz CT molecular complexity index is 749. The van der Waals surface area contributed by atoms with Crippen LogP contribution in [0.2, 0.25) is 0 Å². The Balaban J connectivity index is 1.42. The lowest BCUT2D eigenvalue weighted by Crippen LogP contribution is -2.42. The van der Waals surface area contributed by atoms with Crippen molar-refractivity contribution in [3.63, 3.8) is 0 Å². The van der Waals surface area contributed by atoms with Gasteiger partial charge in [0.15, 0.2) is 11.5 Å². The number of hydrogen-bond donors (Lipinski definition) is 2. The Kier molecular flexibility index (Phi) is 8.84. The average molecular weight is 449 g/mol. The lowest BCUT2D eigenvalue weighted by molar-refractivity contribution is -0.122. The molecule has 0 bridgehead atoms. The first-order chi connectivity index (χ1) is 15.5. The van der Waals surface area contributed by atoms with Crippen molar-refractivity contribution in [3.05, 3.63) is 12.1 Å². The topological polar surface area (TPSA) is 92.4 Å². The maximum absolute atomic E-state index is 12.7. The zero-order valence-electron chi connectivity index (χ0n) is 19.4. The van der Waals surface area contributed by atoms with Crippen LogP contribution in [0.1, 0.15) is 32.1 Å².